The van der Waals surface area contributed by atoms with E-state index in [4.69, 9.17) is 4.74 Å². The Morgan fingerprint density at radius 2 is 2.05 bits per heavy atom. The highest BCUT2D eigenvalue weighted by molar-refractivity contribution is 5.89. The second-order valence-electron chi connectivity index (χ2n) is 5.03. The Morgan fingerprint density at radius 3 is 2.65 bits per heavy atom. The molecule has 6 heteroatoms. The molecule has 1 amide bonds. The fourth-order valence-electron chi connectivity index (χ4n) is 2.21. The van der Waals surface area contributed by atoms with E-state index in [1.54, 1.807) is 13.8 Å². The first-order chi connectivity index (χ1) is 9.29. The summed E-state index contributed by atoms with van der Waals surface area (Å²) in [4.78, 5) is 13.2. The van der Waals surface area contributed by atoms with Crippen molar-refractivity contribution < 1.29 is 22.7 Å². The van der Waals surface area contributed by atoms with Crippen molar-refractivity contribution in [3.05, 3.63) is 29.3 Å². The molecule has 1 heterocycles. The van der Waals surface area contributed by atoms with Crippen LogP contribution >= 0.6 is 0 Å². The van der Waals surface area contributed by atoms with Gasteiger partial charge in [0.1, 0.15) is 0 Å². The van der Waals surface area contributed by atoms with E-state index in [0.29, 0.717) is 25.1 Å². The van der Waals surface area contributed by atoms with Crippen LogP contribution in [-0.2, 0) is 17.3 Å². The summed E-state index contributed by atoms with van der Waals surface area (Å²) in [6.07, 6.45) is -3.94. The van der Waals surface area contributed by atoms with E-state index >= 15 is 0 Å². The van der Waals surface area contributed by atoms with Gasteiger partial charge in [-0.2, -0.15) is 13.2 Å². The number of rotatable bonds is 1. The van der Waals surface area contributed by atoms with E-state index in [2.05, 4.69) is 0 Å². The van der Waals surface area contributed by atoms with E-state index in [0.717, 1.165) is 17.7 Å². The molecule has 0 saturated heterocycles. The fourth-order valence-corrected chi connectivity index (χ4v) is 2.21. The number of alkyl halides is 3. The number of amides is 1. The lowest BCUT2D eigenvalue weighted by Gasteiger charge is -2.30. The van der Waals surface area contributed by atoms with Crippen LogP contribution in [0.2, 0.25) is 0 Å². The summed E-state index contributed by atoms with van der Waals surface area (Å²) in [6, 6.07) is 3.51. The number of benzene rings is 1. The summed E-state index contributed by atoms with van der Waals surface area (Å²) in [5.41, 5.74) is 0.294. The van der Waals surface area contributed by atoms with Gasteiger partial charge in [-0.15, -0.1) is 0 Å². The van der Waals surface area contributed by atoms with Gasteiger partial charge >= 0.3 is 12.3 Å². The Kier molecular flexibility index (Phi) is 3.92. The smallest absolute Gasteiger partial charge is 0.416 e. The Morgan fingerprint density at radius 1 is 1.35 bits per heavy atom. The lowest BCUT2D eigenvalue weighted by molar-refractivity contribution is -0.137. The van der Waals surface area contributed by atoms with Gasteiger partial charge in [0.2, 0.25) is 0 Å². The zero-order chi connectivity index (χ0) is 14.9. The SMILES string of the molecule is CC(C)OC(=O)N1CCCc2ccc(C(F)(F)F)cc21. The Bertz CT molecular complexity index is 512. The maximum Gasteiger partial charge on any atom is 0.416 e. The van der Waals surface area contributed by atoms with E-state index in [9.17, 15) is 18.0 Å². The predicted molar refractivity (Wildman–Crippen MR) is 68.7 cm³/mol. The van der Waals surface area contributed by atoms with E-state index < -0.39 is 17.8 Å². The minimum absolute atomic E-state index is 0.303. The van der Waals surface area contributed by atoms with Gasteiger partial charge in [-0.25, -0.2) is 4.79 Å². The van der Waals surface area contributed by atoms with Crippen molar-refractivity contribution in [2.24, 2.45) is 0 Å². The Labute approximate surface area is 115 Å². The molecule has 0 spiro atoms. The summed E-state index contributed by atoms with van der Waals surface area (Å²) in [5, 5.41) is 0. The largest absolute Gasteiger partial charge is 0.446 e. The molecule has 110 valence electrons. The van der Waals surface area contributed by atoms with Crippen LogP contribution in [0.5, 0.6) is 0 Å². The average Bonchev–Trinajstić information content (AvgIpc) is 2.35. The quantitative estimate of drug-likeness (QED) is 0.781. The van der Waals surface area contributed by atoms with E-state index in [1.807, 2.05) is 0 Å². The van der Waals surface area contributed by atoms with Crippen molar-refractivity contribution in [1.82, 2.24) is 0 Å². The molecule has 0 unspecified atom stereocenters. The van der Waals surface area contributed by atoms with Crippen LogP contribution in [0.3, 0.4) is 0 Å². The summed E-state index contributed by atoms with van der Waals surface area (Å²) in [5.74, 6) is 0. The average molecular weight is 287 g/mol. The molecule has 1 aliphatic rings. The molecule has 0 bridgehead atoms. The standard InChI is InChI=1S/C14H16F3NO2/c1-9(2)20-13(19)18-7-3-4-10-5-6-11(8-12(10)18)14(15,16)17/h5-6,8-9H,3-4,7H2,1-2H3. The minimum atomic E-state index is -4.42. The number of anilines is 1. The number of ether oxygens (including phenoxy) is 1. The highest BCUT2D eigenvalue weighted by atomic mass is 19.4. The molecular formula is C14H16F3NO2. The third-order valence-corrected chi connectivity index (χ3v) is 3.09. The normalized spacial score (nSPS) is 15.2. The zero-order valence-corrected chi connectivity index (χ0v) is 11.3. The molecule has 3 nitrogen and oxygen atoms in total. The molecule has 0 fully saturated rings. The van der Waals surface area contributed by atoms with Crippen molar-refractivity contribution in [2.75, 3.05) is 11.4 Å². The van der Waals surface area contributed by atoms with Crippen LogP contribution in [0.1, 0.15) is 31.4 Å². The topological polar surface area (TPSA) is 29.5 Å². The maximum absolute atomic E-state index is 12.8. The second kappa shape index (κ2) is 5.34. The van der Waals surface area contributed by atoms with Crippen LogP contribution < -0.4 is 4.90 Å². The zero-order valence-electron chi connectivity index (χ0n) is 11.3. The highest BCUT2D eigenvalue weighted by Crippen LogP contribution is 2.35. The molecular weight excluding hydrogens is 271 g/mol. The third-order valence-electron chi connectivity index (χ3n) is 3.09. The number of fused-ring (bicyclic) bond motifs is 1. The van der Waals surface area contributed by atoms with Crippen LogP contribution in [0.15, 0.2) is 18.2 Å². The molecule has 20 heavy (non-hydrogen) atoms. The van der Waals surface area contributed by atoms with E-state index in [-0.39, 0.29) is 6.10 Å². The van der Waals surface area contributed by atoms with Gasteiger partial charge in [0.25, 0.3) is 0 Å². The number of carbonyl (C=O) groups excluding carboxylic acids is 1. The number of hydrogen-bond donors (Lipinski definition) is 0. The molecule has 0 saturated carbocycles. The van der Waals surface area contributed by atoms with Crippen LogP contribution in [-0.4, -0.2) is 18.7 Å². The number of hydrogen-bond acceptors (Lipinski definition) is 2. The van der Waals surface area contributed by atoms with Crippen LogP contribution in [0.4, 0.5) is 23.7 Å². The van der Waals surface area contributed by atoms with Gasteiger partial charge in [0.15, 0.2) is 0 Å². The maximum atomic E-state index is 12.8. The highest BCUT2D eigenvalue weighted by Gasteiger charge is 2.33. The molecule has 0 N–H and O–H groups in total. The van der Waals surface area contributed by atoms with Crippen molar-refractivity contribution in [2.45, 2.75) is 39.0 Å². The van der Waals surface area contributed by atoms with Crippen molar-refractivity contribution in [3.63, 3.8) is 0 Å². The van der Waals surface area contributed by atoms with Gasteiger partial charge in [0, 0.05) is 6.54 Å². The summed E-state index contributed by atoms with van der Waals surface area (Å²) in [6.45, 7) is 3.78. The van der Waals surface area contributed by atoms with Gasteiger partial charge in [-0.3, -0.25) is 4.90 Å². The molecule has 0 radical (unpaired) electrons. The number of aryl methyl sites for hydroxylation is 1. The van der Waals surface area contributed by atoms with Gasteiger partial charge in [-0.1, -0.05) is 6.07 Å². The van der Waals surface area contributed by atoms with Gasteiger partial charge in [0.05, 0.1) is 17.4 Å². The molecule has 1 aliphatic heterocycles. The lowest BCUT2D eigenvalue weighted by Crippen LogP contribution is -2.37. The van der Waals surface area contributed by atoms with Crippen molar-refractivity contribution in [1.29, 1.82) is 0 Å². The third kappa shape index (κ3) is 3.05. The fraction of sp³-hybridized carbons (Fsp3) is 0.500. The van der Waals surface area contributed by atoms with E-state index in [1.165, 1.54) is 11.0 Å². The predicted octanol–water partition coefficient (Wildman–Crippen LogP) is 4.00. The van der Waals surface area contributed by atoms with Crippen LogP contribution in [0.25, 0.3) is 0 Å². The molecule has 0 atom stereocenters. The molecule has 0 aliphatic carbocycles. The second-order valence-corrected chi connectivity index (χ2v) is 5.03. The Balaban J connectivity index is 2.35. The number of carbonyl (C=O) groups is 1. The first-order valence-corrected chi connectivity index (χ1v) is 6.47. The first kappa shape index (κ1) is 14.7. The first-order valence-electron chi connectivity index (χ1n) is 6.47. The molecule has 2 rings (SSSR count). The summed E-state index contributed by atoms with van der Waals surface area (Å²) in [7, 11) is 0. The summed E-state index contributed by atoms with van der Waals surface area (Å²) < 4.78 is 43.4. The van der Waals surface area contributed by atoms with Gasteiger partial charge in [-0.05, 0) is 44.4 Å². The summed E-state index contributed by atoms with van der Waals surface area (Å²) >= 11 is 0. The molecule has 1 aromatic rings. The lowest BCUT2D eigenvalue weighted by atomic mass is 9.99. The Hall–Kier alpha value is -1.72. The number of nitrogens with zero attached hydrogens (tertiary/aromatic N) is 1. The van der Waals surface area contributed by atoms with Crippen LogP contribution in [0, 0.1) is 0 Å². The van der Waals surface area contributed by atoms with Gasteiger partial charge < -0.3 is 4.74 Å². The van der Waals surface area contributed by atoms with Crippen molar-refractivity contribution in [3.8, 4) is 0 Å². The monoisotopic (exact) mass is 287 g/mol. The van der Waals surface area contributed by atoms with Crippen molar-refractivity contribution >= 4 is 11.8 Å². The minimum Gasteiger partial charge on any atom is -0.446 e. The molecule has 0 aromatic heterocycles. The number of halogens is 3. The molecule has 1 aromatic carbocycles.